The maximum atomic E-state index is 13.0. The SMILES string of the molecule is Cc1ccc(S(=O)(=O)N2C=C[C@H]3C[C@]34CCCC[C@H]24)cc1. The number of hydrogen-bond acceptors (Lipinski definition) is 2. The topological polar surface area (TPSA) is 37.4 Å². The number of rotatable bonds is 2. The van der Waals surface area contributed by atoms with Crippen LogP contribution >= 0.6 is 0 Å². The van der Waals surface area contributed by atoms with Crippen LogP contribution in [0.4, 0.5) is 0 Å². The molecule has 1 aromatic carbocycles. The van der Waals surface area contributed by atoms with Crippen molar-refractivity contribution in [2.24, 2.45) is 11.3 Å². The van der Waals surface area contributed by atoms with Gasteiger partial charge in [0.15, 0.2) is 0 Å². The smallest absolute Gasteiger partial charge is 0.264 e. The van der Waals surface area contributed by atoms with E-state index >= 15 is 0 Å². The maximum Gasteiger partial charge on any atom is 0.264 e. The van der Waals surface area contributed by atoms with Crippen LogP contribution in [0, 0.1) is 18.3 Å². The lowest BCUT2D eigenvalue weighted by Crippen LogP contribution is -2.46. The summed E-state index contributed by atoms with van der Waals surface area (Å²) >= 11 is 0. The molecule has 3 atom stereocenters. The van der Waals surface area contributed by atoms with Crippen LogP contribution in [0.15, 0.2) is 41.4 Å². The largest absolute Gasteiger partial charge is 0.270 e. The van der Waals surface area contributed by atoms with Gasteiger partial charge in [0.25, 0.3) is 10.0 Å². The third-order valence-corrected chi connectivity index (χ3v) is 7.38. The summed E-state index contributed by atoms with van der Waals surface area (Å²) in [6, 6.07) is 7.38. The van der Waals surface area contributed by atoms with Crippen LogP contribution in [0.3, 0.4) is 0 Å². The van der Waals surface area contributed by atoms with Crippen molar-refractivity contribution in [2.75, 3.05) is 0 Å². The van der Waals surface area contributed by atoms with Crippen LogP contribution in [0.2, 0.25) is 0 Å². The number of hydrogen-bond donors (Lipinski definition) is 0. The maximum absolute atomic E-state index is 13.0. The van der Waals surface area contributed by atoms with Crippen molar-refractivity contribution in [3.8, 4) is 0 Å². The first-order chi connectivity index (χ1) is 10.0. The van der Waals surface area contributed by atoms with Crippen molar-refractivity contribution in [1.82, 2.24) is 4.31 Å². The molecule has 0 bridgehead atoms. The highest BCUT2D eigenvalue weighted by atomic mass is 32.2. The number of benzene rings is 1. The predicted octanol–water partition coefficient (Wildman–Crippen LogP) is 3.46. The van der Waals surface area contributed by atoms with Crippen molar-refractivity contribution in [3.05, 3.63) is 42.1 Å². The molecule has 4 heteroatoms. The Labute approximate surface area is 126 Å². The van der Waals surface area contributed by atoms with Crippen LogP contribution in [0.1, 0.15) is 37.7 Å². The van der Waals surface area contributed by atoms with Crippen LogP contribution < -0.4 is 0 Å². The molecule has 1 aliphatic heterocycles. The van der Waals surface area contributed by atoms with Crippen molar-refractivity contribution >= 4 is 10.0 Å². The van der Waals surface area contributed by atoms with E-state index in [4.69, 9.17) is 0 Å². The van der Waals surface area contributed by atoms with Crippen molar-refractivity contribution in [1.29, 1.82) is 0 Å². The minimum Gasteiger partial charge on any atom is -0.270 e. The van der Waals surface area contributed by atoms with Gasteiger partial charge in [-0.15, -0.1) is 0 Å². The van der Waals surface area contributed by atoms with Crippen molar-refractivity contribution in [3.63, 3.8) is 0 Å². The van der Waals surface area contributed by atoms with Crippen LogP contribution in [0.25, 0.3) is 0 Å². The average molecular weight is 303 g/mol. The standard InChI is InChI=1S/C17H21NO2S/c1-13-5-7-15(8-6-13)21(19,20)18-11-9-14-12-17(14)10-3-2-4-16(17)18/h5-9,11,14,16H,2-4,10,12H2,1H3/t14-,16-,17+/m0/s1. The van der Waals surface area contributed by atoms with Crippen molar-refractivity contribution in [2.45, 2.75) is 50.0 Å². The molecule has 2 saturated carbocycles. The van der Waals surface area contributed by atoms with E-state index in [1.54, 1.807) is 16.4 Å². The first kappa shape index (κ1) is 13.4. The number of nitrogens with zero attached hydrogens (tertiary/aromatic N) is 1. The first-order valence-electron chi connectivity index (χ1n) is 7.83. The Morgan fingerprint density at radius 1 is 1.19 bits per heavy atom. The summed E-state index contributed by atoms with van der Waals surface area (Å²) in [6.07, 6.45) is 9.72. The normalized spacial score (nSPS) is 34.2. The summed E-state index contributed by atoms with van der Waals surface area (Å²) in [4.78, 5) is 0.414. The highest BCUT2D eigenvalue weighted by Crippen LogP contribution is 2.65. The van der Waals surface area contributed by atoms with Gasteiger partial charge in [-0.1, -0.05) is 36.6 Å². The Hall–Kier alpha value is -1.29. The molecule has 21 heavy (non-hydrogen) atoms. The first-order valence-corrected chi connectivity index (χ1v) is 9.27. The van der Waals surface area contributed by atoms with Gasteiger partial charge in [-0.2, -0.15) is 0 Å². The summed E-state index contributed by atoms with van der Waals surface area (Å²) in [5, 5.41) is 0. The third kappa shape index (κ3) is 1.88. The van der Waals surface area contributed by atoms with E-state index in [1.165, 1.54) is 19.3 Å². The van der Waals surface area contributed by atoms with E-state index in [-0.39, 0.29) is 11.5 Å². The molecular formula is C17H21NO2S. The molecule has 1 spiro atoms. The van der Waals surface area contributed by atoms with E-state index in [0.717, 1.165) is 18.4 Å². The summed E-state index contributed by atoms with van der Waals surface area (Å²) < 4.78 is 27.6. The molecule has 0 aromatic heterocycles. The lowest BCUT2D eigenvalue weighted by atomic mass is 9.79. The molecule has 1 aromatic rings. The monoisotopic (exact) mass is 303 g/mol. The predicted molar refractivity (Wildman–Crippen MR) is 82.1 cm³/mol. The molecule has 0 N–H and O–H groups in total. The van der Waals surface area contributed by atoms with E-state index in [9.17, 15) is 8.42 Å². The molecule has 0 saturated heterocycles. The van der Waals surface area contributed by atoms with Crippen LogP contribution in [0.5, 0.6) is 0 Å². The number of aryl methyl sites for hydroxylation is 1. The second-order valence-corrected chi connectivity index (χ2v) is 8.64. The molecule has 4 rings (SSSR count). The van der Waals surface area contributed by atoms with Gasteiger partial charge in [-0.3, -0.25) is 4.31 Å². The minimum atomic E-state index is -3.41. The molecule has 0 amide bonds. The Balaban J connectivity index is 1.73. The summed E-state index contributed by atoms with van der Waals surface area (Å²) in [5.74, 6) is 0.618. The summed E-state index contributed by atoms with van der Waals surface area (Å²) in [5.41, 5.74) is 1.34. The molecule has 0 unspecified atom stereocenters. The quantitative estimate of drug-likeness (QED) is 0.839. The zero-order valence-corrected chi connectivity index (χ0v) is 13.1. The molecule has 2 aliphatic carbocycles. The van der Waals surface area contributed by atoms with E-state index in [1.807, 2.05) is 25.3 Å². The van der Waals surface area contributed by atoms with Gasteiger partial charge >= 0.3 is 0 Å². The summed E-state index contributed by atoms with van der Waals surface area (Å²) in [6.45, 7) is 1.97. The zero-order valence-electron chi connectivity index (χ0n) is 12.3. The number of allylic oxidation sites excluding steroid dienone is 1. The van der Waals surface area contributed by atoms with Crippen LogP contribution in [-0.4, -0.2) is 18.8 Å². The molecular weight excluding hydrogens is 282 g/mol. The van der Waals surface area contributed by atoms with E-state index in [0.29, 0.717) is 10.8 Å². The second-order valence-electron chi connectivity index (χ2n) is 6.79. The lowest BCUT2D eigenvalue weighted by molar-refractivity contribution is 0.173. The third-order valence-electron chi connectivity index (χ3n) is 5.58. The Kier molecular flexibility index (Phi) is 2.77. The highest BCUT2D eigenvalue weighted by molar-refractivity contribution is 7.89. The molecule has 3 nitrogen and oxygen atoms in total. The van der Waals surface area contributed by atoms with Crippen LogP contribution in [-0.2, 0) is 10.0 Å². The average Bonchev–Trinajstić information content (AvgIpc) is 3.19. The molecule has 1 heterocycles. The molecule has 0 radical (unpaired) electrons. The minimum absolute atomic E-state index is 0.174. The molecule has 112 valence electrons. The van der Waals surface area contributed by atoms with Gasteiger partial charge in [0.05, 0.1) is 10.9 Å². The summed E-state index contributed by atoms with van der Waals surface area (Å²) in [7, 11) is -3.41. The Bertz CT molecular complexity index is 692. The van der Waals surface area contributed by atoms with E-state index in [2.05, 4.69) is 6.08 Å². The Morgan fingerprint density at radius 3 is 2.71 bits per heavy atom. The Morgan fingerprint density at radius 2 is 1.95 bits per heavy atom. The fourth-order valence-electron chi connectivity index (χ4n) is 4.28. The number of sulfonamides is 1. The van der Waals surface area contributed by atoms with Crippen molar-refractivity contribution < 1.29 is 8.42 Å². The van der Waals surface area contributed by atoms with Gasteiger partial charge in [-0.05, 0) is 49.7 Å². The molecule has 2 fully saturated rings. The molecule has 3 aliphatic rings. The van der Waals surface area contributed by atoms with Gasteiger partial charge in [-0.25, -0.2) is 8.42 Å². The van der Waals surface area contributed by atoms with Gasteiger partial charge in [0.2, 0.25) is 0 Å². The van der Waals surface area contributed by atoms with Gasteiger partial charge in [0.1, 0.15) is 0 Å². The fraction of sp³-hybridized carbons (Fsp3) is 0.529. The van der Waals surface area contributed by atoms with Gasteiger partial charge < -0.3 is 0 Å². The second kappa shape index (κ2) is 4.35. The van der Waals surface area contributed by atoms with E-state index < -0.39 is 10.0 Å². The highest BCUT2D eigenvalue weighted by Gasteiger charge is 2.62. The fourth-order valence-corrected chi connectivity index (χ4v) is 5.88. The zero-order chi connectivity index (χ0) is 14.7. The lowest BCUT2D eigenvalue weighted by Gasteiger charge is -2.42. The van der Waals surface area contributed by atoms with Gasteiger partial charge in [0, 0.05) is 6.20 Å².